The standard InChI is InChI=1S/C16H26O2/c1-10-11(2)15-9-13(10)8-12(15)4-3-5-14-6-7-16(17)18-14/h10-15H,3-9H2,1-2H3. The van der Waals surface area contributed by atoms with Crippen molar-refractivity contribution >= 4 is 5.97 Å². The van der Waals surface area contributed by atoms with Crippen molar-refractivity contribution in [3.63, 3.8) is 0 Å². The van der Waals surface area contributed by atoms with E-state index >= 15 is 0 Å². The van der Waals surface area contributed by atoms with Gasteiger partial charge in [0.05, 0.1) is 0 Å². The van der Waals surface area contributed by atoms with Gasteiger partial charge in [-0.3, -0.25) is 4.79 Å². The molecular formula is C16H26O2. The summed E-state index contributed by atoms with van der Waals surface area (Å²) in [5.74, 6) is 4.90. The molecule has 0 N–H and O–H groups in total. The maximum Gasteiger partial charge on any atom is 0.306 e. The summed E-state index contributed by atoms with van der Waals surface area (Å²) in [6.45, 7) is 4.91. The van der Waals surface area contributed by atoms with Gasteiger partial charge in [-0.1, -0.05) is 20.3 Å². The number of rotatable bonds is 4. The summed E-state index contributed by atoms with van der Waals surface area (Å²) in [7, 11) is 0. The normalized spacial score (nSPS) is 46.7. The van der Waals surface area contributed by atoms with Crippen molar-refractivity contribution in [2.75, 3.05) is 0 Å². The maximum absolute atomic E-state index is 11.0. The van der Waals surface area contributed by atoms with Crippen molar-refractivity contribution in [3.05, 3.63) is 0 Å². The smallest absolute Gasteiger partial charge is 0.306 e. The second-order valence-electron chi connectivity index (χ2n) is 6.96. The number of carbonyl (C=O) groups is 1. The molecule has 1 heterocycles. The lowest BCUT2D eigenvalue weighted by molar-refractivity contribution is -0.141. The molecule has 102 valence electrons. The highest BCUT2D eigenvalue weighted by Gasteiger charge is 2.47. The SMILES string of the molecule is CC1C2CC(CCCC3CCC(=O)O3)C(C2)C1C. The fraction of sp³-hybridized carbons (Fsp3) is 0.938. The first-order valence-corrected chi connectivity index (χ1v) is 7.84. The topological polar surface area (TPSA) is 26.3 Å². The molecule has 2 heteroatoms. The zero-order valence-corrected chi connectivity index (χ0v) is 11.7. The minimum Gasteiger partial charge on any atom is -0.462 e. The van der Waals surface area contributed by atoms with E-state index in [9.17, 15) is 4.79 Å². The average molecular weight is 250 g/mol. The van der Waals surface area contributed by atoms with E-state index in [0.29, 0.717) is 6.42 Å². The molecular weight excluding hydrogens is 224 g/mol. The van der Waals surface area contributed by atoms with Gasteiger partial charge in [-0.2, -0.15) is 0 Å². The first-order chi connectivity index (χ1) is 8.65. The van der Waals surface area contributed by atoms with Gasteiger partial charge in [0.2, 0.25) is 0 Å². The van der Waals surface area contributed by atoms with Crippen LogP contribution in [-0.2, 0) is 9.53 Å². The van der Waals surface area contributed by atoms with Crippen LogP contribution in [-0.4, -0.2) is 12.1 Å². The quantitative estimate of drug-likeness (QED) is 0.710. The minimum absolute atomic E-state index is 0.0161. The number of hydrogen-bond donors (Lipinski definition) is 0. The predicted octanol–water partition coefficient (Wildman–Crippen LogP) is 3.79. The molecule has 0 aromatic heterocycles. The summed E-state index contributed by atoms with van der Waals surface area (Å²) in [4.78, 5) is 11.0. The Hall–Kier alpha value is -0.530. The predicted molar refractivity (Wildman–Crippen MR) is 71.0 cm³/mol. The number of cyclic esters (lactones) is 1. The molecule has 0 aromatic rings. The van der Waals surface area contributed by atoms with Crippen LogP contribution < -0.4 is 0 Å². The molecule has 0 radical (unpaired) electrons. The van der Waals surface area contributed by atoms with E-state index in [1.165, 1.54) is 25.7 Å². The highest BCUT2D eigenvalue weighted by molar-refractivity contribution is 5.71. The third-order valence-electron chi connectivity index (χ3n) is 6.10. The molecule has 6 atom stereocenters. The molecule has 0 amide bonds. The fourth-order valence-electron chi connectivity index (χ4n) is 4.82. The fourth-order valence-corrected chi connectivity index (χ4v) is 4.82. The van der Waals surface area contributed by atoms with Gasteiger partial charge >= 0.3 is 5.97 Å². The number of ether oxygens (including phenoxy) is 1. The van der Waals surface area contributed by atoms with Crippen molar-refractivity contribution in [2.24, 2.45) is 29.6 Å². The van der Waals surface area contributed by atoms with Gasteiger partial charge in [0.1, 0.15) is 6.10 Å². The van der Waals surface area contributed by atoms with Crippen LogP contribution >= 0.6 is 0 Å². The Morgan fingerprint density at radius 3 is 2.61 bits per heavy atom. The highest BCUT2D eigenvalue weighted by atomic mass is 16.5. The Labute approximate surface area is 110 Å². The van der Waals surface area contributed by atoms with Gasteiger partial charge in [0.25, 0.3) is 0 Å². The van der Waals surface area contributed by atoms with Crippen LogP contribution in [0.1, 0.15) is 58.8 Å². The number of carbonyl (C=O) groups excluding carboxylic acids is 1. The lowest BCUT2D eigenvalue weighted by atomic mass is 9.74. The van der Waals surface area contributed by atoms with Crippen LogP contribution in [0.4, 0.5) is 0 Å². The summed E-state index contributed by atoms with van der Waals surface area (Å²) >= 11 is 0. The van der Waals surface area contributed by atoms with Crippen molar-refractivity contribution in [1.82, 2.24) is 0 Å². The van der Waals surface area contributed by atoms with E-state index in [1.807, 2.05) is 0 Å². The molecule has 2 aliphatic carbocycles. The van der Waals surface area contributed by atoms with Crippen molar-refractivity contribution in [2.45, 2.75) is 64.9 Å². The third-order valence-corrected chi connectivity index (χ3v) is 6.10. The van der Waals surface area contributed by atoms with Crippen molar-refractivity contribution in [1.29, 1.82) is 0 Å². The number of esters is 1. The molecule has 18 heavy (non-hydrogen) atoms. The number of hydrogen-bond acceptors (Lipinski definition) is 2. The molecule has 1 aliphatic heterocycles. The van der Waals surface area contributed by atoms with Gasteiger partial charge in [0, 0.05) is 6.42 Å². The lowest BCUT2D eigenvalue weighted by Crippen LogP contribution is -2.24. The van der Waals surface area contributed by atoms with Gasteiger partial charge in [-0.25, -0.2) is 0 Å². The Morgan fingerprint density at radius 2 is 2.00 bits per heavy atom. The monoisotopic (exact) mass is 250 g/mol. The molecule has 2 saturated carbocycles. The van der Waals surface area contributed by atoms with E-state index < -0.39 is 0 Å². The summed E-state index contributed by atoms with van der Waals surface area (Å²) in [6.07, 6.45) is 8.54. The van der Waals surface area contributed by atoms with E-state index in [1.54, 1.807) is 0 Å². The molecule has 1 saturated heterocycles. The Balaban J connectivity index is 1.41. The van der Waals surface area contributed by atoms with Gasteiger partial charge in [0.15, 0.2) is 0 Å². The zero-order chi connectivity index (χ0) is 12.7. The largest absolute Gasteiger partial charge is 0.462 e. The molecule has 3 rings (SSSR count). The van der Waals surface area contributed by atoms with Crippen LogP contribution in [0.2, 0.25) is 0 Å². The summed E-state index contributed by atoms with van der Waals surface area (Å²) in [5.41, 5.74) is 0. The average Bonchev–Trinajstić information content (AvgIpc) is 2.99. The van der Waals surface area contributed by atoms with Crippen LogP contribution in [0.3, 0.4) is 0 Å². The highest BCUT2D eigenvalue weighted by Crippen LogP contribution is 2.56. The van der Waals surface area contributed by atoms with Crippen molar-refractivity contribution < 1.29 is 9.53 Å². The second kappa shape index (κ2) is 4.86. The van der Waals surface area contributed by atoms with Crippen molar-refractivity contribution in [3.8, 4) is 0 Å². The molecule has 2 nitrogen and oxygen atoms in total. The van der Waals surface area contributed by atoms with Crippen LogP contribution in [0.25, 0.3) is 0 Å². The van der Waals surface area contributed by atoms with E-state index in [-0.39, 0.29) is 12.1 Å². The first kappa shape index (κ1) is 12.5. The van der Waals surface area contributed by atoms with E-state index in [0.717, 1.165) is 42.4 Å². The van der Waals surface area contributed by atoms with Gasteiger partial charge < -0.3 is 4.74 Å². The Bertz CT molecular complexity index is 323. The summed E-state index contributed by atoms with van der Waals surface area (Å²) in [6, 6.07) is 0. The molecule has 0 aromatic carbocycles. The van der Waals surface area contributed by atoms with Crippen LogP contribution in [0.15, 0.2) is 0 Å². The van der Waals surface area contributed by atoms with Crippen LogP contribution in [0, 0.1) is 29.6 Å². The minimum atomic E-state index is 0.0161. The Morgan fingerprint density at radius 1 is 1.17 bits per heavy atom. The van der Waals surface area contributed by atoms with Crippen LogP contribution in [0.5, 0.6) is 0 Å². The summed E-state index contributed by atoms with van der Waals surface area (Å²) < 4.78 is 5.29. The number of fused-ring (bicyclic) bond motifs is 2. The Kier molecular flexibility index (Phi) is 3.38. The molecule has 3 fully saturated rings. The molecule has 0 spiro atoms. The molecule has 6 unspecified atom stereocenters. The summed E-state index contributed by atoms with van der Waals surface area (Å²) in [5, 5.41) is 0. The van der Waals surface area contributed by atoms with E-state index in [4.69, 9.17) is 4.74 Å². The molecule has 2 bridgehead atoms. The molecule has 3 aliphatic rings. The maximum atomic E-state index is 11.0. The second-order valence-corrected chi connectivity index (χ2v) is 6.96. The third kappa shape index (κ3) is 2.19. The van der Waals surface area contributed by atoms with E-state index in [2.05, 4.69) is 13.8 Å². The first-order valence-electron chi connectivity index (χ1n) is 7.84. The van der Waals surface area contributed by atoms with Gasteiger partial charge in [-0.15, -0.1) is 0 Å². The lowest BCUT2D eigenvalue weighted by Gasteiger charge is -2.31. The van der Waals surface area contributed by atoms with Gasteiger partial charge in [-0.05, 0) is 61.7 Å². The zero-order valence-electron chi connectivity index (χ0n) is 11.7.